The molecule has 0 fully saturated rings. The predicted molar refractivity (Wildman–Crippen MR) is 45.9 cm³/mol. The number of aliphatic imine (C=N–C) groups is 1. The monoisotopic (exact) mass is 173 g/mol. The average Bonchev–Trinajstić information content (AvgIpc) is 1.95. The Hall–Kier alpha value is -0.730. The molecule has 1 heterocycles. The number of hydrogen-bond acceptors (Lipinski definition) is 1. The molecule has 1 aliphatic heterocycles. The Balaban J connectivity index is 2.53. The van der Waals surface area contributed by atoms with Crippen LogP contribution in [0, 0.1) is 0 Å². The van der Waals surface area contributed by atoms with Crippen molar-refractivity contribution in [1.29, 1.82) is 0 Å². The molecule has 0 aliphatic carbocycles. The van der Waals surface area contributed by atoms with E-state index in [-0.39, 0.29) is 0 Å². The second-order valence-corrected chi connectivity index (χ2v) is 3.07. The van der Waals surface area contributed by atoms with E-state index in [0.717, 1.165) is 6.42 Å². The van der Waals surface area contributed by atoms with E-state index < -0.39 is 12.5 Å². The largest absolute Gasteiger partial charge is 0.288 e. The molecule has 1 rings (SSSR count). The molecule has 1 atom stereocenters. The Bertz CT molecular complexity index is 197. The molecule has 0 amide bonds. The number of nitrogens with zero attached hydrogens (tertiary/aromatic N) is 1. The third kappa shape index (κ3) is 2.72. The molecule has 0 radical (unpaired) electrons. The molecule has 0 aromatic rings. The van der Waals surface area contributed by atoms with Crippen molar-refractivity contribution < 1.29 is 8.78 Å². The maximum absolute atomic E-state index is 12.2. The zero-order valence-electron chi connectivity index (χ0n) is 7.13. The molecule has 12 heavy (non-hydrogen) atoms. The number of hydrogen-bond donors (Lipinski definition) is 0. The fourth-order valence-electron chi connectivity index (χ4n) is 1.18. The van der Waals surface area contributed by atoms with Gasteiger partial charge in [-0.15, -0.1) is 0 Å². The molecule has 1 unspecified atom stereocenters. The first kappa shape index (κ1) is 9.36. The van der Waals surface area contributed by atoms with Gasteiger partial charge in [0.1, 0.15) is 6.04 Å². The highest BCUT2D eigenvalue weighted by Gasteiger charge is 2.18. The normalized spacial score (nSPS) is 32.0. The predicted octanol–water partition coefficient (Wildman–Crippen LogP) is 2.82. The van der Waals surface area contributed by atoms with E-state index in [1.807, 2.05) is 13.0 Å². The van der Waals surface area contributed by atoms with E-state index in [2.05, 4.69) is 4.99 Å². The fraction of sp³-hybridized carbons (Fsp3) is 0.667. The van der Waals surface area contributed by atoms with Crippen LogP contribution in [0.3, 0.4) is 0 Å². The summed E-state index contributed by atoms with van der Waals surface area (Å²) in [6.07, 6.45) is 3.20. The summed E-state index contributed by atoms with van der Waals surface area (Å²) in [4.78, 5) is 3.82. The van der Waals surface area contributed by atoms with Crippen molar-refractivity contribution in [2.45, 2.75) is 38.7 Å². The molecule has 0 aromatic carbocycles. The van der Waals surface area contributed by atoms with Gasteiger partial charge in [0.25, 0.3) is 6.43 Å². The van der Waals surface area contributed by atoms with Crippen molar-refractivity contribution in [2.24, 2.45) is 4.99 Å². The van der Waals surface area contributed by atoms with Gasteiger partial charge in [-0.1, -0.05) is 11.6 Å². The summed E-state index contributed by atoms with van der Waals surface area (Å²) in [6.45, 7) is 1.99. The van der Waals surface area contributed by atoms with Gasteiger partial charge in [-0.2, -0.15) is 0 Å². The molecular formula is C9H13F2N. The molecule has 68 valence electrons. The van der Waals surface area contributed by atoms with E-state index in [1.54, 1.807) is 6.21 Å². The van der Waals surface area contributed by atoms with E-state index in [1.165, 1.54) is 5.57 Å². The van der Waals surface area contributed by atoms with Gasteiger partial charge in [0, 0.05) is 12.6 Å². The Morgan fingerprint density at radius 2 is 2.33 bits per heavy atom. The SMILES string of the molecule is C/C1=C/CCC(C(F)F)/N=C\C1. The van der Waals surface area contributed by atoms with Crippen molar-refractivity contribution >= 4 is 6.21 Å². The standard InChI is InChI=1S/C9H13F2N/c1-7-3-2-4-8(9(10)11)12-6-5-7/h3,6,8-9H,2,4-5H2,1H3/b7-3-,12-6-. The number of rotatable bonds is 1. The van der Waals surface area contributed by atoms with Crippen molar-refractivity contribution in [3.63, 3.8) is 0 Å². The molecule has 0 aromatic heterocycles. The molecule has 0 bridgehead atoms. The highest BCUT2D eigenvalue weighted by atomic mass is 19.3. The summed E-state index contributed by atoms with van der Waals surface area (Å²) in [6, 6.07) is -0.783. The van der Waals surface area contributed by atoms with Gasteiger partial charge < -0.3 is 0 Å². The Kier molecular flexibility index (Phi) is 3.38. The molecule has 0 spiro atoms. The second-order valence-electron chi connectivity index (χ2n) is 3.07. The van der Waals surface area contributed by atoms with E-state index >= 15 is 0 Å². The lowest BCUT2D eigenvalue weighted by atomic mass is 10.1. The first-order valence-corrected chi connectivity index (χ1v) is 4.15. The summed E-state index contributed by atoms with van der Waals surface area (Å²) >= 11 is 0. The third-order valence-corrected chi connectivity index (χ3v) is 1.96. The Morgan fingerprint density at radius 1 is 1.58 bits per heavy atom. The zero-order chi connectivity index (χ0) is 8.97. The lowest BCUT2D eigenvalue weighted by Gasteiger charge is -2.12. The molecular weight excluding hydrogens is 160 g/mol. The van der Waals surface area contributed by atoms with Crippen LogP contribution >= 0.6 is 0 Å². The topological polar surface area (TPSA) is 12.4 Å². The van der Waals surface area contributed by atoms with Gasteiger partial charge in [0.05, 0.1) is 0 Å². The molecule has 0 N–H and O–H groups in total. The minimum Gasteiger partial charge on any atom is -0.288 e. The lowest BCUT2D eigenvalue weighted by molar-refractivity contribution is 0.113. The lowest BCUT2D eigenvalue weighted by Crippen LogP contribution is -2.16. The molecule has 1 nitrogen and oxygen atoms in total. The fourth-order valence-corrected chi connectivity index (χ4v) is 1.18. The summed E-state index contributed by atoms with van der Waals surface area (Å²) < 4.78 is 24.4. The van der Waals surface area contributed by atoms with Gasteiger partial charge in [-0.3, -0.25) is 4.99 Å². The van der Waals surface area contributed by atoms with E-state index in [9.17, 15) is 8.78 Å². The minimum absolute atomic E-state index is 0.464. The number of alkyl halides is 2. The zero-order valence-corrected chi connectivity index (χ0v) is 7.13. The number of allylic oxidation sites excluding steroid dienone is 2. The second kappa shape index (κ2) is 4.33. The minimum atomic E-state index is -2.31. The van der Waals surface area contributed by atoms with Crippen LogP contribution in [-0.2, 0) is 0 Å². The number of halogens is 2. The highest BCUT2D eigenvalue weighted by molar-refractivity contribution is 5.61. The Morgan fingerprint density at radius 3 is 3.00 bits per heavy atom. The molecule has 3 heteroatoms. The van der Waals surface area contributed by atoms with Crippen LogP contribution in [0.15, 0.2) is 16.6 Å². The third-order valence-electron chi connectivity index (χ3n) is 1.96. The maximum atomic E-state index is 12.2. The van der Waals surface area contributed by atoms with Crippen molar-refractivity contribution in [3.05, 3.63) is 11.6 Å². The summed E-state index contributed by atoms with van der Waals surface area (Å²) in [5.74, 6) is 0. The van der Waals surface area contributed by atoms with Crippen LogP contribution in [-0.4, -0.2) is 18.7 Å². The van der Waals surface area contributed by atoms with Crippen molar-refractivity contribution in [1.82, 2.24) is 0 Å². The Labute approximate surface area is 71.2 Å². The van der Waals surface area contributed by atoms with E-state index in [4.69, 9.17) is 0 Å². The highest BCUT2D eigenvalue weighted by Crippen LogP contribution is 2.15. The van der Waals surface area contributed by atoms with E-state index in [0.29, 0.717) is 12.8 Å². The molecule has 0 saturated carbocycles. The smallest absolute Gasteiger partial charge is 0.260 e. The van der Waals surface area contributed by atoms with Crippen molar-refractivity contribution in [3.8, 4) is 0 Å². The van der Waals surface area contributed by atoms with Crippen LogP contribution in [0.4, 0.5) is 8.78 Å². The van der Waals surface area contributed by atoms with Crippen LogP contribution < -0.4 is 0 Å². The van der Waals surface area contributed by atoms with Crippen LogP contribution in [0.1, 0.15) is 26.2 Å². The van der Waals surface area contributed by atoms with Gasteiger partial charge in [0.15, 0.2) is 0 Å². The molecule has 0 saturated heterocycles. The van der Waals surface area contributed by atoms with Crippen LogP contribution in [0.25, 0.3) is 0 Å². The van der Waals surface area contributed by atoms with Gasteiger partial charge >= 0.3 is 0 Å². The van der Waals surface area contributed by atoms with Crippen molar-refractivity contribution in [2.75, 3.05) is 0 Å². The summed E-state index contributed by atoms with van der Waals surface area (Å²) in [5, 5.41) is 0. The van der Waals surface area contributed by atoms with Gasteiger partial charge in [0.2, 0.25) is 0 Å². The maximum Gasteiger partial charge on any atom is 0.260 e. The van der Waals surface area contributed by atoms with Gasteiger partial charge in [-0.05, 0) is 19.8 Å². The average molecular weight is 173 g/mol. The van der Waals surface area contributed by atoms with Crippen LogP contribution in [0.2, 0.25) is 0 Å². The van der Waals surface area contributed by atoms with Gasteiger partial charge in [-0.25, -0.2) is 8.78 Å². The summed E-state index contributed by atoms with van der Waals surface area (Å²) in [7, 11) is 0. The quantitative estimate of drug-likeness (QED) is 0.541. The first-order valence-electron chi connectivity index (χ1n) is 4.15. The molecule has 1 aliphatic rings. The first-order chi connectivity index (χ1) is 5.70. The van der Waals surface area contributed by atoms with Crippen LogP contribution in [0.5, 0.6) is 0 Å². The summed E-state index contributed by atoms with van der Waals surface area (Å²) in [5.41, 5.74) is 1.21.